The number of aryl methyl sites for hydroxylation is 1. The van der Waals surface area contributed by atoms with E-state index in [4.69, 9.17) is 0 Å². The molecule has 128 valence electrons. The van der Waals surface area contributed by atoms with E-state index in [1.807, 2.05) is 19.2 Å². The van der Waals surface area contributed by atoms with Crippen molar-refractivity contribution in [2.24, 2.45) is 5.41 Å². The van der Waals surface area contributed by atoms with E-state index in [0.29, 0.717) is 5.56 Å². The number of hydrogen-bond acceptors (Lipinski definition) is 3. The summed E-state index contributed by atoms with van der Waals surface area (Å²) < 4.78 is 0. The van der Waals surface area contributed by atoms with Crippen LogP contribution in [0.5, 0.6) is 0 Å². The van der Waals surface area contributed by atoms with Gasteiger partial charge in [0, 0.05) is 15.8 Å². The summed E-state index contributed by atoms with van der Waals surface area (Å²) in [6, 6.07) is 8.33. The average Bonchev–Trinajstić information content (AvgIpc) is 2.91. The summed E-state index contributed by atoms with van der Waals surface area (Å²) in [5.74, 6) is -0.799. The third-order valence-corrected chi connectivity index (χ3v) is 6.42. The van der Waals surface area contributed by atoms with Crippen molar-refractivity contribution in [3.8, 4) is 10.4 Å². The van der Waals surface area contributed by atoms with E-state index >= 15 is 0 Å². The lowest BCUT2D eigenvalue weighted by molar-refractivity contribution is 0.0696. The van der Waals surface area contributed by atoms with Gasteiger partial charge in [0.15, 0.2) is 0 Å². The third-order valence-electron chi connectivity index (χ3n) is 5.09. The maximum Gasteiger partial charge on any atom is 0.337 e. The Hall–Kier alpha value is -1.65. The summed E-state index contributed by atoms with van der Waals surface area (Å²) in [6.07, 6.45) is 2.95. The van der Waals surface area contributed by atoms with Crippen LogP contribution in [0, 0.1) is 5.41 Å². The molecule has 1 aliphatic carbocycles. The van der Waals surface area contributed by atoms with E-state index < -0.39 is 5.97 Å². The molecule has 1 heterocycles. The molecule has 0 saturated heterocycles. The topological polar surface area (TPSA) is 49.3 Å². The van der Waals surface area contributed by atoms with E-state index in [0.717, 1.165) is 40.8 Å². The van der Waals surface area contributed by atoms with Crippen LogP contribution in [-0.4, -0.2) is 18.1 Å². The summed E-state index contributed by atoms with van der Waals surface area (Å²) in [7, 11) is 1.93. The third kappa shape index (κ3) is 3.01. The van der Waals surface area contributed by atoms with Crippen molar-refractivity contribution in [1.82, 2.24) is 5.32 Å². The van der Waals surface area contributed by atoms with Crippen LogP contribution >= 0.6 is 11.3 Å². The Morgan fingerprint density at radius 2 is 2.04 bits per heavy atom. The molecule has 0 spiro atoms. The molecule has 1 aromatic heterocycles. The monoisotopic (exact) mass is 343 g/mol. The first-order valence-corrected chi connectivity index (χ1v) is 9.30. The van der Waals surface area contributed by atoms with Crippen molar-refractivity contribution >= 4 is 17.3 Å². The molecule has 3 nitrogen and oxygen atoms in total. The molecule has 0 aliphatic heterocycles. The predicted molar refractivity (Wildman–Crippen MR) is 100.0 cm³/mol. The van der Waals surface area contributed by atoms with Gasteiger partial charge in [0.2, 0.25) is 0 Å². The lowest BCUT2D eigenvalue weighted by atomic mass is 9.76. The van der Waals surface area contributed by atoms with Crippen LogP contribution in [0.25, 0.3) is 10.4 Å². The maximum absolute atomic E-state index is 12.1. The Morgan fingerprint density at radius 1 is 1.33 bits per heavy atom. The Morgan fingerprint density at radius 3 is 2.71 bits per heavy atom. The molecule has 24 heavy (non-hydrogen) atoms. The first-order chi connectivity index (χ1) is 11.3. The fourth-order valence-electron chi connectivity index (χ4n) is 3.57. The molecule has 0 bridgehead atoms. The molecule has 0 amide bonds. The highest BCUT2D eigenvalue weighted by Crippen LogP contribution is 2.46. The molecule has 0 fully saturated rings. The second-order valence-corrected chi connectivity index (χ2v) is 8.56. The van der Waals surface area contributed by atoms with Gasteiger partial charge in [-0.3, -0.25) is 0 Å². The molecule has 2 aromatic rings. The zero-order valence-electron chi connectivity index (χ0n) is 14.8. The van der Waals surface area contributed by atoms with Crippen molar-refractivity contribution in [2.75, 3.05) is 7.05 Å². The van der Waals surface area contributed by atoms with Crippen LogP contribution in [0.1, 0.15) is 59.6 Å². The number of aromatic carboxylic acids is 1. The van der Waals surface area contributed by atoms with Gasteiger partial charge in [-0.15, -0.1) is 11.3 Å². The molecule has 1 aromatic carbocycles. The van der Waals surface area contributed by atoms with Gasteiger partial charge in [-0.1, -0.05) is 38.1 Å². The van der Waals surface area contributed by atoms with Crippen LogP contribution in [0.4, 0.5) is 0 Å². The number of carboxylic acids is 1. The van der Waals surface area contributed by atoms with E-state index in [9.17, 15) is 9.90 Å². The highest BCUT2D eigenvalue weighted by molar-refractivity contribution is 7.16. The minimum atomic E-state index is -0.799. The standard InChI is InChI=1S/C20H25NO2S/c1-12(21-4)13-7-5-6-8-14(13)18-17(19(22)23)15-11-20(2,3)10-9-16(15)24-18/h5-8,12,21H,9-11H2,1-4H3,(H,22,23)/t12-/m1/s1. The average molecular weight is 343 g/mol. The normalized spacial score (nSPS) is 17.3. The van der Waals surface area contributed by atoms with Gasteiger partial charge >= 0.3 is 5.97 Å². The molecular formula is C20H25NO2S. The highest BCUT2D eigenvalue weighted by Gasteiger charge is 2.33. The summed E-state index contributed by atoms with van der Waals surface area (Å²) in [5.41, 5.74) is 3.96. The molecule has 2 N–H and O–H groups in total. The lowest BCUT2D eigenvalue weighted by Crippen LogP contribution is -2.22. The number of nitrogens with one attached hydrogen (secondary N) is 1. The fourth-order valence-corrected chi connectivity index (χ4v) is 4.93. The molecule has 1 atom stereocenters. The van der Waals surface area contributed by atoms with Gasteiger partial charge < -0.3 is 10.4 Å². The minimum Gasteiger partial charge on any atom is -0.478 e. The fraction of sp³-hybridized carbons (Fsp3) is 0.450. The maximum atomic E-state index is 12.1. The molecule has 1 aliphatic rings. The van der Waals surface area contributed by atoms with E-state index in [1.54, 1.807) is 11.3 Å². The SMILES string of the molecule is CN[C@H](C)c1ccccc1-c1sc2c(c1C(=O)O)CC(C)(C)CC2. The number of hydrogen-bond donors (Lipinski definition) is 2. The molecule has 3 rings (SSSR count). The van der Waals surface area contributed by atoms with Gasteiger partial charge in [0.05, 0.1) is 5.56 Å². The van der Waals surface area contributed by atoms with E-state index in [1.165, 1.54) is 4.88 Å². The summed E-state index contributed by atoms with van der Waals surface area (Å²) in [5, 5.41) is 13.2. The first-order valence-electron chi connectivity index (χ1n) is 8.48. The second kappa shape index (κ2) is 6.34. The lowest BCUT2D eigenvalue weighted by Gasteiger charge is -2.29. The second-order valence-electron chi connectivity index (χ2n) is 7.45. The number of benzene rings is 1. The Bertz CT molecular complexity index is 776. The van der Waals surface area contributed by atoms with Gasteiger partial charge in [0.1, 0.15) is 0 Å². The van der Waals surface area contributed by atoms with Crippen molar-refractivity contribution < 1.29 is 9.90 Å². The quantitative estimate of drug-likeness (QED) is 0.829. The van der Waals surface area contributed by atoms with Crippen LogP contribution < -0.4 is 5.32 Å². The van der Waals surface area contributed by atoms with Crippen LogP contribution in [0.15, 0.2) is 24.3 Å². The summed E-state index contributed by atoms with van der Waals surface area (Å²) in [6.45, 7) is 6.57. The van der Waals surface area contributed by atoms with Gasteiger partial charge in [0.25, 0.3) is 0 Å². The van der Waals surface area contributed by atoms with Gasteiger partial charge in [-0.25, -0.2) is 4.79 Å². The first kappa shape index (κ1) is 17.2. The molecular weight excluding hydrogens is 318 g/mol. The number of rotatable bonds is 4. The Labute approximate surface area is 147 Å². The Balaban J connectivity index is 2.21. The van der Waals surface area contributed by atoms with Crippen LogP contribution in [0.2, 0.25) is 0 Å². The van der Waals surface area contributed by atoms with Gasteiger partial charge in [-0.2, -0.15) is 0 Å². The van der Waals surface area contributed by atoms with E-state index in [2.05, 4.69) is 38.2 Å². The van der Waals surface area contributed by atoms with Crippen molar-refractivity contribution in [3.05, 3.63) is 45.8 Å². The number of fused-ring (bicyclic) bond motifs is 1. The molecule has 4 heteroatoms. The molecule has 0 unspecified atom stereocenters. The van der Waals surface area contributed by atoms with Crippen molar-refractivity contribution in [3.63, 3.8) is 0 Å². The highest BCUT2D eigenvalue weighted by atomic mass is 32.1. The van der Waals surface area contributed by atoms with Crippen LogP contribution in [0.3, 0.4) is 0 Å². The number of carbonyl (C=O) groups is 1. The minimum absolute atomic E-state index is 0.174. The van der Waals surface area contributed by atoms with E-state index in [-0.39, 0.29) is 11.5 Å². The number of thiophene rings is 1. The molecule has 0 radical (unpaired) electrons. The van der Waals surface area contributed by atoms with Crippen LogP contribution in [-0.2, 0) is 12.8 Å². The van der Waals surface area contributed by atoms with Crippen molar-refractivity contribution in [2.45, 2.75) is 46.1 Å². The largest absolute Gasteiger partial charge is 0.478 e. The zero-order chi connectivity index (χ0) is 17.5. The van der Waals surface area contributed by atoms with Crippen molar-refractivity contribution in [1.29, 1.82) is 0 Å². The summed E-state index contributed by atoms with van der Waals surface area (Å²) >= 11 is 1.68. The predicted octanol–water partition coefficient (Wildman–Crippen LogP) is 4.91. The Kier molecular flexibility index (Phi) is 4.54. The summed E-state index contributed by atoms with van der Waals surface area (Å²) in [4.78, 5) is 14.3. The molecule has 0 saturated carbocycles. The smallest absolute Gasteiger partial charge is 0.337 e. The number of carboxylic acid groups (broad SMARTS) is 1. The zero-order valence-corrected chi connectivity index (χ0v) is 15.6. The van der Waals surface area contributed by atoms with Gasteiger partial charge in [-0.05, 0) is 55.3 Å².